The summed E-state index contributed by atoms with van der Waals surface area (Å²) in [5.74, 6) is 0.613. The molecular weight excluding hydrogens is 256 g/mol. The van der Waals surface area contributed by atoms with Crippen LogP contribution in [-0.4, -0.2) is 16.0 Å². The highest BCUT2D eigenvalue weighted by Gasteiger charge is 2.16. The Balaban J connectivity index is 2.59. The Labute approximate surface area is 108 Å². The van der Waals surface area contributed by atoms with Gasteiger partial charge in [0.25, 0.3) is 0 Å². The second-order valence-electron chi connectivity index (χ2n) is 4.06. The van der Waals surface area contributed by atoms with Crippen molar-refractivity contribution in [1.82, 2.24) is 4.98 Å². The van der Waals surface area contributed by atoms with Crippen molar-refractivity contribution in [2.24, 2.45) is 0 Å². The fourth-order valence-electron chi connectivity index (χ4n) is 1.60. The van der Waals surface area contributed by atoms with Gasteiger partial charge in [0.15, 0.2) is 0 Å². The van der Waals surface area contributed by atoms with Gasteiger partial charge >= 0.3 is 5.69 Å². The molecule has 5 nitrogen and oxygen atoms in total. The highest BCUT2D eigenvalue weighted by atomic mass is 35.5. The van der Waals surface area contributed by atoms with Gasteiger partial charge in [-0.3, -0.25) is 10.1 Å². The number of rotatable bonds is 3. The number of ether oxygens (including phenoxy) is 1. The van der Waals surface area contributed by atoms with E-state index in [1.54, 1.807) is 18.2 Å². The Morgan fingerprint density at radius 3 is 2.78 bits per heavy atom. The fraction of sp³-hybridized carbons (Fsp3) is 0.250. The Bertz CT molecular complexity index is 614. The van der Waals surface area contributed by atoms with E-state index in [1.165, 1.54) is 0 Å². The van der Waals surface area contributed by atoms with E-state index in [0.29, 0.717) is 16.7 Å². The van der Waals surface area contributed by atoms with E-state index in [4.69, 9.17) is 16.3 Å². The topological polar surface area (TPSA) is 65.3 Å². The second-order valence-corrected chi connectivity index (χ2v) is 4.44. The van der Waals surface area contributed by atoms with Gasteiger partial charge in [-0.25, -0.2) is 4.98 Å². The van der Waals surface area contributed by atoms with Crippen molar-refractivity contribution < 1.29 is 9.66 Å². The molecule has 0 bridgehead atoms. The Morgan fingerprint density at radius 1 is 1.44 bits per heavy atom. The van der Waals surface area contributed by atoms with E-state index in [-0.39, 0.29) is 16.8 Å². The minimum atomic E-state index is -0.551. The highest BCUT2D eigenvalue weighted by molar-refractivity contribution is 6.37. The monoisotopic (exact) mass is 266 g/mol. The maximum atomic E-state index is 10.8. The molecule has 18 heavy (non-hydrogen) atoms. The van der Waals surface area contributed by atoms with Crippen LogP contribution in [0.2, 0.25) is 5.02 Å². The minimum absolute atomic E-state index is 0.0212. The van der Waals surface area contributed by atoms with Gasteiger partial charge < -0.3 is 4.74 Å². The quantitative estimate of drug-likeness (QED) is 0.629. The molecule has 0 aliphatic carbocycles. The van der Waals surface area contributed by atoms with Gasteiger partial charge in [-0.1, -0.05) is 11.6 Å². The lowest BCUT2D eigenvalue weighted by Gasteiger charge is -2.10. The summed E-state index contributed by atoms with van der Waals surface area (Å²) in [4.78, 5) is 14.2. The summed E-state index contributed by atoms with van der Waals surface area (Å²) in [6.07, 6.45) is 1.18. The van der Waals surface area contributed by atoms with Crippen molar-refractivity contribution in [1.29, 1.82) is 0 Å². The molecule has 6 heteroatoms. The Hall–Kier alpha value is -1.88. The van der Waals surface area contributed by atoms with E-state index in [1.807, 2.05) is 13.8 Å². The van der Waals surface area contributed by atoms with Gasteiger partial charge in [-0.15, -0.1) is 0 Å². The number of nitrogens with zero attached hydrogens (tertiary/aromatic N) is 2. The van der Waals surface area contributed by atoms with E-state index in [9.17, 15) is 10.1 Å². The van der Waals surface area contributed by atoms with Gasteiger partial charge in [-0.05, 0) is 32.0 Å². The largest absolute Gasteiger partial charge is 0.491 e. The van der Waals surface area contributed by atoms with Gasteiger partial charge in [0.2, 0.25) is 0 Å². The van der Waals surface area contributed by atoms with Crippen LogP contribution in [0.15, 0.2) is 24.4 Å². The predicted molar refractivity (Wildman–Crippen MR) is 69.2 cm³/mol. The molecule has 1 aromatic carbocycles. The van der Waals surface area contributed by atoms with Crippen LogP contribution < -0.4 is 4.74 Å². The molecule has 0 saturated heterocycles. The van der Waals surface area contributed by atoms with Gasteiger partial charge in [0.1, 0.15) is 17.0 Å². The highest BCUT2D eigenvalue weighted by Crippen LogP contribution is 2.33. The third-order valence-electron chi connectivity index (χ3n) is 2.32. The zero-order valence-corrected chi connectivity index (χ0v) is 10.6. The number of halogens is 1. The van der Waals surface area contributed by atoms with Crippen LogP contribution >= 0.6 is 11.6 Å². The molecule has 0 atom stereocenters. The van der Waals surface area contributed by atoms with Crippen molar-refractivity contribution in [2.75, 3.05) is 0 Å². The number of benzene rings is 1. The summed E-state index contributed by atoms with van der Waals surface area (Å²) in [7, 11) is 0. The van der Waals surface area contributed by atoms with Crippen LogP contribution in [0, 0.1) is 10.1 Å². The van der Waals surface area contributed by atoms with E-state index >= 15 is 0 Å². The maximum Gasteiger partial charge on any atom is 0.306 e. The minimum Gasteiger partial charge on any atom is -0.491 e. The first kappa shape index (κ1) is 12.6. The lowest BCUT2D eigenvalue weighted by atomic mass is 10.2. The van der Waals surface area contributed by atoms with Crippen molar-refractivity contribution >= 4 is 28.2 Å². The van der Waals surface area contributed by atoms with Gasteiger partial charge in [0.05, 0.1) is 16.5 Å². The molecule has 0 aliphatic heterocycles. The molecule has 2 rings (SSSR count). The van der Waals surface area contributed by atoms with Crippen LogP contribution in [0.1, 0.15) is 13.8 Å². The van der Waals surface area contributed by atoms with Gasteiger partial charge in [0, 0.05) is 5.39 Å². The number of fused-ring (bicyclic) bond motifs is 1. The van der Waals surface area contributed by atoms with Crippen molar-refractivity contribution in [2.45, 2.75) is 20.0 Å². The molecule has 94 valence electrons. The number of nitro groups is 1. The number of hydrogen-bond donors (Lipinski definition) is 0. The molecule has 0 radical (unpaired) electrons. The first-order valence-corrected chi connectivity index (χ1v) is 5.76. The zero-order valence-electron chi connectivity index (χ0n) is 9.88. The van der Waals surface area contributed by atoms with Gasteiger partial charge in [-0.2, -0.15) is 0 Å². The second kappa shape index (κ2) is 4.78. The smallest absolute Gasteiger partial charge is 0.306 e. The SMILES string of the molecule is CC(C)Oc1ccc2ncc([N+](=O)[O-])c(Cl)c2c1. The summed E-state index contributed by atoms with van der Waals surface area (Å²) >= 11 is 6.01. The van der Waals surface area contributed by atoms with E-state index < -0.39 is 4.92 Å². The number of aromatic nitrogens is 1. The molecule has 0 fully saturated rings. The first-order valence-electron chi connectivity index (χ1n) is 5.38. The summed E-state index contributed by atoms with van der Waals surface area (Å²) in [5, 5.41) is 11.4. The average Bonchev–Trinajstić information content (AvgIpc) is 2.29. The van der Waals surface area contributed by atoms with Crippen LogP contribution in [-0.2, 0) is 0 Å². The lowest BCUT2D eigenvalue weighted by molar-refractivity contribution is -0.384. The molecule has 1 aromatic heterocycles. The average molecular weight is 267 g/mol. The zero-order chi connectivity index (χ0) is 13.3. The molecule has 0 spiro atoms. The lowest BCUT2D eigenvalue weighted by Crippen LogP contribution is -2.05. The molecule has 0 saturated carbocycles. The molecular formula is C12H11ClN2O3. The molecule has 1 heterocycles. The fourth-order valence-corrected chi connectivity index (χ4v) is 1.87. The van der Waals surface area contributed by atoms with E-state index in [0.717, 1.165) is 6.20 Å². The summed E-state index contributed by atoms with van der Waals surface area (Å²) in [6, 6.07) is 5.15. The molecule has 0 N–H and O–H groups in total. The van der Waals surface area contributed by atoms with Crippen molar-refractivity contribution in [3.63, 3.8) is 0 Å². The van der Waals surface area contributed by atoms with Crippen molar-refractivity contribution in [3.05, 3.63) is 39.5 Å². The van der Waals surface area contributed by atoms with Crippen LogP contribution in [0.3, 0.4) is 0 Å². The van der Waals surface area contributed by atoms with Crippen LogP contribution in [0.5, 0.6) is 5.75 Å². The summed E-state index contributed by atoms with van der Waals surface area (Å²) in [6.45, 7) is 3.80. The van der Waals surface area contributed by atoms with E-state index in [2.05, 4.69) is 4.98 Å². The molecule has 0 unspecified atom stereocenters. The standard InChI is InChI=1S/C12H11ClN2O3/c1-7(2)18-8-3-4-10-9(5-8)12(13)11(6-14-10)15(16)17/h3-7H,1-2H3. The third kappa shape index (κ3) is 2.36. The molecule has 0 amide bonds. The number of pyridine rings is 1. The molecule has 0 aliphatic rings. The molecule has 2 aromatic rings. The summed E-state index contributed by atoms with van der Waals surface area (Å²) in [5.41, 5.74) is 0.396. The van der Waals surface area contributed by atoms with Crippen molar-refractivity contribution in [3.8, 4) is 5.75 Å². The predicted octanol–water partition coefficient (Wildman–Crippen LogP) is 3.58. The third-order valence-corrected chi connectivity index (χ3v) is 2.72. The van der Waals surface area contributed by atoms with Crippen LogP contribution in [0.4, 0.5) is 5.69 Å². The first-order chi connectivity index (χ1) is 8.49. The Kier molecular flexibility index (Phi) is 3.34. The van der Waals surface area contributed by atoms with Crippen LogP contribution in [0.25, 0.3) is 10.9 Å². The summed E-state index contributed by atoms with van der Waals surface area (Å²) < 4.78 is 5.52. The Morgan fingerprint density at radius 2 is 2.17 bits per heavy atom. The maximum absolute atomic E-state index is 10.8. The normalized spacial score (nSPS) is 10.9. The number of hydrogen-bond acceptors (Lipinski definition) is 4.